The quantitative estimate of drug-likeness (QED) is 0.899. The Morgan fingerprint density at radius 3 is 2.33 bits per heavy atom. The summed E-state index contributed by atoms with van der Waals surface area (Å²) < 4.78 is 44.6. The van der Waals surface area contributed by atoms with Gasteiger partial charge in [-0.3, -0.25) is 0 Å². The van der Waals surface area contributed by atoms with E-state index in [1.165, 1.54) is 26.3 Å². The number of aliphatic hydroxyl groups is 1. The molecule has 0 bridgehead atoms. The fraction of sp³-hybridized carbons (Fsp3) is 0.571. The Bertz CT molecular complexity index is 595. The largest absolute Gasteiger partial charge is 0.494 e. The number of halogens is 1. The zero-order chi connectivity index (χ0) is 16.4. The number of hydrogen-bond donors (Lipinski definition) is 1. The van der Waals surface area contributed by atoms with Crippen molar-refractivity contribution in [3.63, 3.8) is 0 Å². The first-order chi connectivity index (χ1) is 9.55. The Hall–Kier alpha value is -1.18. The lowest BCUT2D eigenvalue weighted by atomic mass is 9.87. The minimum atomic E-state index is -3.90. The van der Waals surface area contributed by atoms with Gasteiger partial charge in [-0.15, -0.1) is 0 Å². The number of rotatable bonds is 5. The molecule has 0 saturated heterocycles. The molecule has 0 aliphatic heterocycles. The number of nitrogens with zero attached hydrogens (tertiary/aromatic N) is 1. The van der Waals surface area contributed by atoms with Gasteiger partial charge in [0.25, 0.3) is 0 Å². The zero-order valence-corrected chi connectivity index (χ0v) is 13.7. The number of aliphatic hydroxyl groups excluding tert-OH is 1. The highest BCUT2D eigenvalue weighted by atomic mass is 32.2. The van der Waals surface area contributed by atoms with Crippen molar-refractivity contribution in [2.45, 2.75) is 31.7 Å². The molecule has 1 N–H and O–H groups in total. The Labute approximate surface area is 125 Å². The van der Waals surface area contributed by atoms with Crippen LogP contribution in [-0.2, 0) is 10.0 Å². The van der Waals surface area contributed by atoms with Crippen molar-refractivity contribution >= 4 is 10.0 Å². The van der Waals surface area contributed by atoms with Gasteiger partial charge >= 0.3 is 0 Å². The molecule has 0 spiro atoms. The van der Waals surface area contributed by atoms with Gasteiger partial charge in [-0.2, -0.15) is 4.31 Å². The van der Waals surface area contributed by atoms with E-state index in [4.69, 9.17) is 4.74 Å². The summed E-state index contributed by atoms with van der Waals surface area (Å²) in [6, 6.07) is 2.85. The third-order valence-electron chi connectivity index (χ3n) is 3.41. The zero-order valence-electron chi connectivity index (χ0n) is 12.9. The standard InChI is InChI=1S/C14H22FNO4S/c1-14(2,3)13(9-17)16(4)21(18,19)10-6-7-12(20-5)11(15)8-10/h6-8,13,17H,9H2,1-5H3. The van der Waals surface area contributed by atoms with Gasteiger partial charge in [0.2, 0.25) is 10.0 Å². The van der Waals surface area contributed by atoms with E-state index in [9.17, 15) is 17.9 Å². The summed E-state index contributed by atoms with van der Waals surface area (Å²) in [5.41, 5.74) is -0.457. The molecule has 0 aromatic heterocycles. The van der Waals surface area contributed by atoms with Crippen LogP contribution in [0, 0.1) is 11.2 Å². The molecule has 1 aromatic carbocycles. The van der Waals surface area contributed by atoms with E-state index in [2.05, 4.69) is 0 Å². The number of hydrogen-bond acceptors (Lipinski definition) is 4. The van der Waals surface area contributed by atoms with Crippen molar-refractivity contribution in [1.82, 2.24) is 4.31 Å². The maximum absolute atomic E-state index is 13.7. The van der Waals surface area contributed by atoms with Crippen LogP contribution in [-0.4, -0.2) is 44.6 Å². The third kappa shape index (κ3) is 3.72. The number of sulfonamides is 1. The maximum atomic E-state index is 13.7. The molecule has 0 aliphatic carbocycles. The van der Waals surface area contributed by atoms with Gasteiger partial charge in [-0.1, -0.05) is 20.8 Å². The predicted octanol–water partition coefficient (Wildman–Crippen LogP) is 1.86. The van der Waals surface area contributed by atoms with E-state index < -0.39 is 27.3 Å². The molecule has 1 atom stereocenters. The molecule has 5 nitrogen and oxygen atoms in total. The Kier molecular flexibility index (Phi) is 5.35. The van der Waals surface area contributed by atoms with Gasteiger partial charge in [0.15, 0.2) is 11.6 Å². The number of ether oxygens (including phenoxy) is 1. The van der Waals surface area contributed by atoms with Gasteiger partial charge in [0.05, 0.1) is 24.7 Å². The van der Waals surface area contributed by atoms with Crippen LogP contribution in [0.25, 0.3) is 0 Å². The lowest BCUT2D eigenvalue weighted by Gasteiger charge is -2.35. The van der Waals surface area contributed by atoms with Gasteiger partial charge in [-0.25, -0.2) is 12.8 Å². The summed E-state index contributed by atoms with van der Waals surface area (Å²) in [7, 11) is -1.22. The summed E-state index contributed by atoms with van der Waals surface area (Å²) in [5, 5.41) is 9.48. The summed E-state index contributed by atoms with van der Waals surface area (Å²) in [4.78, 5) is -0.175. The summed E-state index contributed by atoms with van der Waals surface area (Å²) in [6.07, 6.45) is 0. The van der Waals surface area contributed by atoms with Crippen molar-refractivity contribution in [3.05, 3.63) is 24.0 Å². The van der Waals surface area contributed by atoms with Crippen molar-refractivity contribution in [2.24, 2.45) is 5.41 Å². The second-order valence-electron chi connectivity index (χ2n) is 5.88. The molecule has 21 heavy (non-hydrogen) atoms. The first-order valence-electron chi connectivity index (χ1n) is 6.48. The van der Waals surface area contributed by atoms with Gasteiger partial charge in [0.1, 0.15) is 0 Å². The van der Waals surface area contributed by atoms with Crippen LogP contribution in [0.15, 0.2) is 23.1 Å². The van der Waals surface area contributed by atoms with Crippen LogP contribution in [0.1, 0.15) is 20.8 Å². The minimum Gasteiger partial charge on any atom is -0.494 e. The fourth-order valence-electron chi connectivity index (χ4n) is 2.08. The smallest absolute Gasteiger partial charge is 0.243 e. The van der Waals surface area contributed by atoms with Crippen LogP contribution < -0.4 is 4.74 Å². The lowest BCUT2D eigenvalue weighted by molar-refractivity contribution is 0.115. The van der Waals surface area contributed by atoms with E-state index in [0.29, 0.717) is 0 Å². The molecule has 1 rings (SSSR count). The van der Waals surface area contributed by atoms with Crippen LogP contribution in [0.3, 0.4) is 0 Å². The van der Waals surface area contributed by atoms with Crippen LogP contribution in [0.5, 0.6) is 5.75 Å². The lowest BCUT2D eigenvalue weighted by Crippen LogP contribution is -2.47. The van der Waals surface area contributed by atoms with Gasteiger partial charge < -0.3 is 9.84 Å². The van der Waals surface area contributed by atoms with E-state index in [1.807, 2.05) is 20.8 Å². The highest BCUT2D eigenvalue weighted by Gasteiger charge is 2.35. The van der Waals surface area contributed by atoms with E-state index in [0.717, 1.165) is 10.4 Å². The van der Waals surface area contributed by atoms with Crippen molar-refractivity contribution in [3.8, 4) is 5.75 Å². The normalized spacial score (nSPS) is 14.3. The Balaban J connectivity index is 3.24. The molecule has 7 heteroatoms. The predicted molar refractivity (Wildman–Crippen MR) is 78.2 cm³/mol. The SMILES string of the molecule is COc1ccc(S(=O)(=O)N(C)C(CO)C(C)(C)C)cc1F. The molecule has 1 unspecified atom stereocenters. The van der Waals surface area contributed by atoms with Crippen molar-refractivity contribution in [2.75, 3.05) is 20.8 Å². The first-order valence-corrected chi connectivity index (χ1v) is 7.92. The molecule has 0 radical (unpaired) electrons. The first kappa shape index (κ1) is 17.9. The second kappa shape index (κ2) is 6.29. The highest BCUT2D eigenvalue weighted by molar-refractivity contribution is 7.89. The van der Waals surface area contributed by atoms with Crippen LogP contribution >= 0.6 is 0 Å². The molecule has 0 amide bonds. The minimum absolute atomic E-state index is 0.0221. The molecule has 0 heterocycles. The molecule has 0 fully saturated rings. The molecule has 0 saturated carbocycles. The summed E-state index contributed by atoms with van der Waals surface area (Å²) in [5.74, 6) is -0.769. The number of likely N-dealkylation sites (N-methyl/N-ethyl adjacent to an activating group) is 1. The molecule has 0 aliphatic rings. The summed E-state index contributed by atoms with van der Waals surface area (Å²) in [6.45, 7) is 5.16. The monoisotopic (exact) mass is 319 g/mol. The van der Waals surface area contributed by atoms with Gasteiger partial charge in [0, 0.05) is 7.05 Å². The maximum Gasteiger partial charge on any atom is 0.243 e. The molecule has 120 valence electrons. The Morgan fingerprint density at radius 2 is 1.95 bits per heavy atom. The second-order valence-corrected chi connectivity index (χ2v) is 7.88. The number of methoxy groups -OCH3 is 1. The van der Waals surface area contributed by atoms with Crippen LogP contribution in [0.4, 0.5) is 4.39 Å². The average molecular weight is 319 g/mol. The van der Waals surface area contributed by atoms with Crippen molar-refractivity contribution in [1.29, 1.82) is 0 Å². The molecular formula is C14H22FNO4S. The summed E-state index contributed by atoms with van der Waals surface area (Å²) >= 11 is 0. The van der Waals surface area contributed by atoms with E-state index in [1.54, 1.807) is 0 Å². The van der Waals surface area contributed by atoms with Crippen molar-refractivity contribution < 1.29 is 22.7 Å². The Morgan fingerprint density at radius 1 is 1.38 bits per heavy atom. The highest BCUT2D eigenvalue weighted by Crippen LogP contribution is 2.29. The third-order valence-corrected chi connectivity index (χ3v) is 5.27. The molecular weight excluding hydrogens is 297 g/mol. The number of benzene rings is 1. The van der Waals surface area contributed by atoms with E-state index in [-0.39, 0.29) is 17.3 Å². The average Bonchev–Trinajstić information content (AvgIpc) is 2.37. The van der Waals surface area contributed by atoms with E-state index >= 15 is 0 Å². The van der Waals surface area contributed by atoms with Gasteiger partial charge in [-0.05, 0) is 23.6 Å². The topological polar surface area (TPSA) is 66.8 Å². The fourth-order valence-corrected chi connectivity index (χ4v) is 3.62. The molecule has 1 aromatic rings. The van der Waals surface area contributed by atoms with Crippen LogP contribution in [0.2, 0.25) is 0 Å².